The van der Waals surface area contributed by atoms with Gasteiger partial charge in [-0.15, -0.1) is 0 Å². The fraction of sp³-hybridized carbons (Fsp3) is 0.560. The molecule has 6 heteroatoms. The molecule has 1 aliphatic carbocycles. The lowest BCUT2D eigenvalue weighted by molar-refractivity contribution is -0.126. The van der Waals surface area contributed by atoms with Crippen LogP contribution >= 0.6 is 0 Å². The van der Waals surface area contributed by atoms with E-state index in [1.165, 1.54) is 38.2 Å². The summed E-state index contributed by atoms with van der Waals surface area (Å²) in [6.45, 7) is 15.2. The van der Waals surface area contributed by atoms with Crippen molar-refractivity contribution in [2.24, 2.45) is 0 Å². The lowest BCUT2D eigenvalue weighted by atomic mass is 9.86. The number of anilines is 1. The molecule has 3 aliphatic rings. The molecular formula is C25H32N4O2. The van der Waals surface area contributed by atoms with Crippen LogP contribution in [-0.4, -0.2) is 41.9 Å². The fourth-order valence-electron chi connectivity index (χ4n) is 5.50. The molecule has 1 saturated carbocycles. The van der Waals surface area contributed by atoms with E-state index < -0.39 is 6.04 Å². The van der Waals surface area contributed by atoms with Gasteiger partial charge in [0.15, 0.2) is 5.69 Å². The number of hydrogen-bond donors (Lipinski definition) is 1. The van der Waals surface area contributed by atoms with E-state index in [0.29, 0.717) is 11.7 Å². The Hall–Kier alpha value is -2.65. The third kappa shape index (κ3) is 4.24. The molecule has 1 saturated heterocycles. The zero-order valence-electron chi connectivity index (χ0n) is 18.8. The Bertz CT molecular complexity index is 939. The molecule has 1 N–H and O–H groups in total. The number of allylic oxidation sites excluding steroid dienone is 2. The molecular weight excluding hydrogens is 388 g/mol. The Balaban J connectivity index is 1.46. The first kappa shape index (κ1) is 21.6. The summed E-state index contributed by atoms with van der Waals surface area (Å²) in [5.74, 6) is -0.307. The van der Waals surface area contributed by atoms with Crippen molar-refractivity contribution in [3.63, 3.8) is 0 Å². The number of benzene rings is 1. The molecule has 31 heavy (non-hydrogen) atoms. The van der Waals surface area contributed by atoms with E-state index >= 15 is 0 Å². The van der Waals surface area contributed by atoms with Gasteiger partial charge in [-0.05, 0) is 70.1 Å². The number of nitrogens with zero attached hydrogens (tertiary/aromatic N) is 3. The van der Waals surface area contributed by atoms with Crippen LogP contribution in [0.15, 0.2) is 29.3 Å². The molecule has 1 unspecified atom stereocenters. The van der Waals surface area contributed by atoms with Crippen LogP contribution in [0.3, 0.4) is 0 Å². The van der Waals surface area contributed by atoms with Crippen LogP contribution in [-0.2, 0) is 9.59 Å². The number of fused-ring (bicyclic) bond motifs is 1. The lowest BCUT2D eigenvalue weighted by Crippen LogP contribution is -2.50. The Morgan fingerprint density at radius 1 is 1.06 bits per heavy atom. The highest BCUT2D eigenvalue weighted by Gasteiger charge is 2.42. The van der Waals surface area contributed by atoms with Crippen LogP contribution in [0.4, 0.5) is 11.4 Å². The second-order valence-electron chi connectivity index (χ2n) is 9.30. The molecule has 4 rings (SSSR count). The second-order valence-corrected chi connectivity index (χ2v) is 9.30. The topological polar surface area (TPSA) is 57.0 Å². The van der Waals surface area contributed by atoms with Gasteiger partial charge in [0.05, 0.1) is 6.57 Å². The van der Waals surface area contributed by atoms with Crippen molar-refractivity contribution in [3.8, 4) is 0 Å². The van der Waals surface area contributed by atoms with Gasteiger partial charge in [-0.2, -0.15) is 0 Å². The second kappa shape index (κ2) is 8.84. The van der Waals surface area contributed by atoms with Gasteiger partial charge in [-0.25, -0.2) is 4.85 Å². The summed E-state index contributed by atoms with van der Waals surface area (Å²) in [7, 11) is 0. The summed E-state index contributed by atoms with van der Waals surface area (Å²) < 4.78 is 0. The average Bonchev–Trinajstić information content (AvgIpc) is 3.04. The van der Waals surface area contributed by atoms with Crippen molar-refractivity contribution in [1.82, 2.24) is 10.2 Å². The maximum atomic E-state index is 13.3. The summed E-state index contributed by atoms with van der Waals surface area (Å²) in [4.78, 5) is 33.0. The summed E-state index contributed by atoms with van der Waals surface area (Å²) >= 11 is 0. The maximum absolute atomic E-state index is 13.3. The standard InChI is InChI=1S/C25H32N4O2/c1-16(2)18-5-8-20(9-6-18)28-13-11-21(12-14-28)29-23-10-7-19(26-4)15-22(23)24(25(29)31)27-17(3)30/h7,10,15,20-21,24H,5-6,8-9,11-14H2,1-3H3,(H,27,30). The smallest absolute Gasteiger partial charge is 0.254 e. The first-order chi connectivity index (χ1) is 14.9. The van der Waals surface area contributed by atoms with Gasteiger partial charge < -0.3 is 15.1 Å². The molecule has 6 nitrogen and oxygen atoms in total. The zero-order valence-corrected chi connectivity index (χ0v) is 18.8. The minimum absolute atomic E-state index is 0.0725. The van der Waals surface area contributed by atoms with Crippen molar-refractivity contribution in [3.05, 3.63) is 46.3 Å². The molecule has 2 fully saturated rings. The Morgan fingerprint density at radius 2 is 1.74 bits per heavy atom. The summed E-state index contributed by atoms with van der Waals surface area (Å²) in [6.07, 6.45) is 6.78. The van der Waals surface area contributed by atoms with Gasteiger partial charge in [0, 0.05) is 37.8 Å². The highest BCUT2D eigenvalue weighted by Crippen LogP contribution is 2.41. The molecule has 0 bridgehead atoms. The maximum Gasteiger partial charge on any atom is 0.254 e. The Labute approximate surface area is 185 Å². The van der Waals surface area contributed by atoms with Gasteiger partial charge in [0.25, 0.3) is 5.91 Å². The van der Waals surface area contributed by atoms with Gasteiger partial charge >= 0.3 is 0 Å². The number of carbonyl (C=O) groups is 2. The molecule has 2 amide bonds. The van der Waals surface area contributed by atoms with E-state index in [9.17, 15) is 9.59 Å². The summed E-state index contributed by atoms with van der Waals surface area (Å²) in [5, 5.41) is 2.79. The molecule has 1 aromatic rings. The number of piperidine rings is 1. The molecule has 0 aromatic heterocycles. The third-order valence-electron chi connectivity index (χ3n) is 7.19. The molecule has 1 aromatic carbocycles. The van der Waals surface area contributed by atoms with Crippen LogP contribution < -0.4 is 10.2 Å². The number of rotatable bonds is 3. The number of likely N-dealkylation sites (tertiary alicyclic amines) is 1. The zero-order chi connectivity index (χ0) is 22.1. The molecule has 2 aliphatic heterocycles. The van der Waals surface area contributed by atoms with Crippen LogP contribution in [0, 0.1) is 6.57 Å². The highest BCUT2D eigenvalue weighted by atomic mass is 16.2. The fourth-order valence-corrected chi connectivity index (χ4v) is 5.50. The predicted octanol–water partition coefficient (Wildman–Crippen LogP) is 4.50. The van der Waals surface area contributed by atoms with Crippen molar-refractivity contribution < 1.29 is 9.59 Å². The number of nitrogens with one attached hydrogen (secondary N) is 1. The van der Waals surface area contributed by atoms with Crippen molar-refractivity contribution in [1.29, 1.82) is 0 Å². The van der Waals surface area contributed by atoms with E-state index in [2.05, 4.69) is 28.9 Å². The first-order valence-corrected chi connectivity index (χ1v) is 11.4. The van der Waals surface area contributed by atoms with Crippen LogP contribution in [0.25, 0.3) is 4.85 Å². The quantitative estimate of drug-likeness (QED) is 0.578. The van der Waals surface area contributed by atoms with Gasteiger partial charge in [0.1, 0.15) is 6.04 Å². The van der Waals surface area contributed by atoms with E-state index in [0.717, 1.165) is 37.2 Å². The van der Waals surface area contributed by atoms with Crippen LogP contribution in [0.2, 0.25) is 0 Å². The van der Waals surface area contributed by atoms with E-state index in [4.69, 9.17) is 6.57 Å². The van der Waals surface area contributed by atoms with Crippen molar-refractivity contribution in [2.45, 2.75) is 77.4 Å². The van der Waals surface area contributed by atoms with Gasteiger partial charge in [-0.3, -0.25) is 9.59 Å². The average molecular weight is 421 g/mol. The summed E-state index contributed by atoms with van der Waals surface area (Å²) in [6, 6.07) is 5.49. The van der Waals surface area contributed by atoms with Crippen molar-refractivity contribution in [2.75, 3.05) is 18.0 Å². The van der Waals surface area contributed by atoms with E-state index in [-0.39, 0.29) is 17.9 Å². The molecule has 164 valence electrons. The lowest BCUT2D eigenvalue weighted by Gasteiger charge is -2.42. The molecule has 1 atom stereocenters. The van der Waals surface area contributed by atoms with E-state index in [1.807, 2.05) is 11.0 Å². The predicted molar refractivity (Wildman–Crippen MR) is 122 cm³/mol. The highest BCUT2D eigenvalue weighted by molar-refractivity contribution is 6.07. The largest absolute Gasteiger partial charge is 0.341 e. The minimum Gasteiger partial charge on any atom is -0.341 e. The Kier molecular flexibility index (Phi) is 6.15. The van der Waals surface area contributed by atoms with Crippen LogP contribution in [0.1, 0.15) is 70.9 Å². The number of amides is 2. The summed E-state index contributed by atoms with van der Waals surface area (Å²) in [5.41, 5.74) is 5.21. The number of carbonyl (C=O) groups excluding carboxylic acids is 2. The van der Waals surface area contributed by atoms with E-state index in [1.54, 1.807) is 17.7 Å². The van der Waals surface area contributed by atoms with Crippen LogP contribution in [0.5, 0.6) is 0 Å². The van der Waals surface area contributed by atoms with Gasteiger partial charge in [0.2, 0.25) is 5.91 Å². The SMILES string of the molecule is [C-]#[N+]c1ccc2c(c1)C(NC(C)=O)C(=O)N2C1CCN(C2CCC(=C(C)C)CC2)CC1. The third-order valence-corrected chi connectivity index (χ3v) is 7.19. The molecule has 2 heterocycles. The monoisotopic (exact) mass is 420 g/mol. The van der Waals surface area contributed by atoms with Gasteiger partial charge in [-0.1, -0.05) is 17.2 Å². The normalized spacial score (nSPS) is 24.6. The molecule has 0 radical (unpaired) electrons. The Morgan fingerprint density at radius 3 is 2.32 bits per heavy atom. The molecule has 0 spiro atoms. The van der Waals surface area contributed by atoms with Crippen molar-refractivity contribution >= 4 is 23.2 Å². The number of hydrogen-bond acceptors (Lipinski definition) is 3. The first-order valence-electron chi connectivity index (χ1n) is 11.4. The minimum atomic E-state index is -0.687.